The quantitative estimate of drug-likeness (QED) is 0.390. The number of amides is 1. The Morgan fingerprint density at radius 3 is 2.32 bits per heavy atom. The molecule has 34 heavy (non-hydrogen) atoms. The fourth-order valence-electron chi connectivity index (χ4n) is 3.39. The summed E-state index contributed by atoms with van der Waals surface area (Å²) in [6.45, 7) is 1.58. The van der Waals surface area contributed by atoms with Crippen molar-refractivity contribution in [3.8, 4) is 17.2 Å². The first kappa shape index (κ1) is 23.6. The number of rotatable bonds is 7. The van der Waals surface area contributed by atoms with Crippen molar-refractivity contribution in [2.45, 2.75) is 17.8 Å². The zero-order valence-corrected chi connectivity index (χ0v) is 20.6. The molecule has 0 unspecified atom stereocenters. The Kier molecular flexibility index (Phi) is 6.75. The minimum Gasteiger partial charge on any atom is -0.497 e. The van der Waals surface area contributed by atoms with Crippen molar-refractivity contribution in [1.29, 1.82) is 0 Å². The number of thiazole rings is 1. The second-order valence-electron chi connectivity index (χ2n) is 7.33. The number of benzene rings is 2. The second kappa shape index (κ2) is 9.74. The van der Waals surface area contributed by atoms with Crippen molar-refractivity contribution >= 4 is 45.0 Å². The fourth-order valence-corrected chi connectivity index (χ4v) is 4.88. The SMILES string of the molecule is COc1cc(NC(=O)Cn2c(=O)n(-c3ccc(C)cc3)c(=O)c3sc(SC)nc32)cc(OC)c1. The van der Waals surface area contributed by atoms with Crippen LogP contribution in [0.3, 0.4) is 0 Å². The summed E-state index contributed by atoms with van der Waals surface area (Å²) in [4.78, 5) is 44.0. The number of anilines is 1. The van der Waals surface area contributed by atoms with E-state index in [-0.39, 0.29) is 12.2 Å². The van der Waals surface area contributed by atoms with Crippen molar-refractivity contribution in [2.75, 3.05) is 25.8 Å². The molecule has 176 valence electrons. The molecule has 0 spiro atoms. The predicted molar refractivity (Wildman–Crippen MR) is 134 cm³/mol. The Hall–Kier alpha value is -3.57. The number of carbonyl (C=O) groups excluding carboxylic acids is 1. The van der Waals surface area contributed by atoms with Gasteiger partial charge in [0.2, 0.25) is 5.91 Å². The van der Waals surface area contributed by atoms with Gasteiger partial charge in [0.1, 0.15) is 22.7 Å². The summed E-state index contributed by atoms with van der Waals surface area (Å²) in [5.41, 5.74) is 0.946. The van der Waals surface area contributed by atoms with Crippen molar-refractivity contribution in [2.24, 2.45) is 0 Å². The molecule has 2 aromatic heterocycles. The van der Waals surface area contributed by atoms with Gasteiger partial charge in [-0.3, -0.25) is 14.2 Å². The predicted octanol–water partition coefficient (Wildman–Crippen LogP) is 3.30. The Morgan fingerprint density at radius 2 is 1.74 bits per heavy atom. The third-order valence-corrected chi connectivity index (χ3v) is 7.09. The van der Waals surface area contributed by atoms with Gasteiger partial charge >= 0.3 is 5.69 Å². The largest absolute Gasteiger partial charge is 0.497 e. The van der Waals surface area contributed by atoms with Gasteiger partial charge in [0, 0.05) is 23.9 Å². The molecule has 0 radical (unpaired) electrons. The number of aryl methyl sites for hydroxylation is 1. The highest BCUT2D eigenvalue weighted by Gasteiger charge is 2.20. The van der Waals surface area contributed by atoms with Gasteiger partial charge in [-0.2, -0.15) is 0 Å². The van der Waals surface area contributed by atoms with Gasteiger partial charge in [-0.05, 0) is 25.3 Å². The van der Waals surface area contributed by atoms with Crippen LogP contribution in [0.5, 0.6) is 11.5 Å². The van der Waals surface area contributed by atoms with E-state index in [1.165, 1.54) is 41.9 Å². The zero-order chi connectivity index (χ0) is 24.4. The number of hydrogen-bond donors (Lipinski definition) is 1. The summed E-state index contributed by atoms with van der Waals surface area (Å²) in [6, 6.07) is 12.0. The molecule has 0 saturated heterocycles. The highest BCUT2D eigenvalue weighted by atomic mass is 32.2. The van der Waals surface area contributed by atoms with Crippen LogP contribution in [0.4, 0.5) is 5.69 Å². The van der Waals surface area contributed by atoms with Gasteiger partial charge in [-0.25, -0.2) is 14.3 Å². The molecule has 2 aromatic carbocycles. The molecule has 2 heterocycles. The second-order valence-corrected chi connectivity index (χ2v) is 9.38. The molecule has 0 atom stereocenters. The lowest BCUT2D eigenvalue weighted by Gasteiger charge is -2.13. The third-order valence-electron chi connectivity index (χ3n) is 5.07. The smallest absolute Gasteiger partial charge is 0.337 e. The van der Waals surface area contributed by atoms with E-state index in [1.54, 1.807) is 30.3 Å². The van der Waals surface area contributed by atoms with E-state index in [9.17, 15) is 14.4 Å². The molecule has 1 amide bonds. The van der Waals surface area contributed by atoms with Gasteiger partial charge in [0.05, 0.1) is 19.9 Å². The topological polar surface area (TPSA) is 104 Å². The van der Waals surface area contributed by atoms with Crippen molar-refractivity contribution < 1.29 is 14.3 Å². The number of methoxy groups -OCH3 is 2. The maximum absolute atomic E-state index is 13.4. The maximum Gasteiger partial charge on any atom is 0.337 e. The number of aromatic nitrogens is 3. The minimum atomic E-state index is -0.641. The summed E-state index contributed by atoms with van der Waals surface area (Å²) in [5, 5.41) is 2.76. The van der Waals surface area contributed by atoms with E-state index in [0.717, 1.165) is 10.1 Å². The van der Waals surface area contributed by atoms with E-state index in [1.807, 2.05) is 25.3 Å². The molecule has 0 aliphatic carbocycles. The molecule has 0 fully saturated rings. The number of hydrogen-bond acceptors (Lipinski definition) is 8. The lowest BCUT2D eigenvalue weighted by molar-refractivity contribution is -0.116. The van der Waals surface area contributed by atoms with Crippen LogP contribution in [0.15, 0.2) is 56.4 Å². The summed E-state index contributed by atoms with van der Waals surface area (Å²) in [5.74, 6) is 0.545. The Labute approximate surface area is 203 Å². The molecular formula is C23H22N4O5S2. The molecule has 4 rings (SSSR count). The molecular weight excluding hydrogens is 476 g/mol. The monoisotopic (exact) mass is 498 g/mol. The Bertz CT molecular complexity index is 1470. The Balaban J connectivity index is 1.79. The molecule has 0 aliphatic rings. The molecule has 4 aromatic rings. The number of carbonyl (C=O) groups is 1. The van der Waals surface area contributed by atoms with Crippen LogP contribution in [0.1, 0.15) is 5.56 Å². The van der Waals surface area contributed by atoms with Crippen LogP contribution in [0.2, 0.25) is 0 Å². The summed E-state index contributed by atoms with van der Waals surface area (Å²) < 4.78 is 13.7. The number of ether oxygens (including phenoxy) is 2. The number of nitrogens with zero attached hydrogens (tertiary/aromatic N) is 3. The maximum atomic E-state index is 13.4. The highest BCUT2D eigenvalue weighted by Crippen LogP contribution is 2.27. The Morgan fingerprint density at radius 1 is 1.09 bits per heavy atom. The van der Waals surface area contributed by atoms with Gasteiger partial charge < -0.3 is 14.8 Å². The van der Waals surface area contributed by atoms with E-state index >= 15 is 0 Å². The lowest BCUT2D eigenvalue weighted by Crippen LogP contribution is -2.40. The van der Waals surface area contributed by atoms with Crippen molar-refractivity contribution in [3.63, 3.8) is 0 Å². The van der Waals surface area contributed by atoms with Crippen LogP contribution >= 0.6 is 23.1 Å². The molecule has 0 aliphatic heterocycles. The van der Waals surface area contributed by atoms with Crippen LogP contribution in [0, 0.1) is 6.92 Å². The van der Waals surface area contributed by atoms with Gasteiger partial charge in [-0.15, -0.1) is 11.3 Å². The molecule has 11 heteroatoms. The van der Waals surface area contributed by atoms with Crippen LogP contribution < -0.4 is 26.0 Å². The van der Waals surface area contributed by atoms with E-state index < -0.39 is 17.2 Å². The average Bonchev–Trinajstić information content (AvgIpc) is 3.27. The first-order valence-corrected chi connectivity index (χ1v) is 12.2. The fraction of sp³-hybridized carbons (Fsp3) is 0.217. The van der Waals surface area contributed by atoms with Gasteiger partial charge in [-0.1, -0.05) is 29.5 Å². The standard InChI is InChI=1S/C23H22N4O5S2/c1-13-5-7-15(8-6-13)27-21(29)19-20(25-22(33-4)34-19)26(23(27)30)12-18(28)24-14-9-16(31-2)11-17(10-14)32-3/h5-11H,12H2,1-4H3,(H,24,28). The average molecular weight is 499 g/mol. The molecule has 0 saturated carbocycles. The molecule has 9 nitrogen and oxygen atoms in total. The van der Waals surface area contributed by atoms with Gasteiger partial charge in [0.15, 0.2) is 9.99 Å². The zero-order valence-electron chi connectivity index (χ0n) is 18.9. The normalized spacial score (nSPS) is 10.9. The highest BCUT2D eigenvalue weighted by molar-refractivity contribution is 8.00. The summed E-state index contributed by atoms with van der Waals surface area (Å²) >= 11 is 2.56. The summed E-state index contributed by atoms with van der Waals surface area (Å²) in [7, 11) is 3.02. The number of nitrogens with one attached hydrogen (secondary N) is 1. The van der Waals surface area contributed by atoms with Gasteiger partial charge in [0.25, 0.3) is 5.56 Å². The van der Waals surface area contributed by atoms with Crippen LogP contribution in [-0.2, 0) is 11.3 Å². The van der Waals surface area contributed by atoms with E-state index in [0.29, 0.717) is 31.9 Å². The van der Waals surface area contributed by atoms with Crippen LogP contribution in [0.25, 0.3) is 16.0 Å². The van der Waals surface area contributed by atoms with Crippen molar-refractivity contribution in [1.82, 2.24) is 14.1 Å². The lowest BCUT2D eigenvalue weighted by atomic mass is 10.2. The molecule has 1 N–H and O–H groups in total. The van der Waals surface area contributed by atoms with Crippen LogP contribution in [-0.4, -0.2) is 40.5 Å². The number of thioether (sulfide) groups is 1. The summed E-state index contributed by atoms with van der Waals surface area (Å²) in [6.07, 6.45) is 1.83. The van der Waals surface area contributed by atoms with Crippen molar-refractivity contribution in [3.05, 3.63) is 68.9 Å². The number of fused-ring (bicyclic) bond motifs is 1. The third kappa shape index (κ3) is 4.57. The minimum absolute atomic E-state index is 0.186. The van der Waals surface area contributed by atoms with E-state index in [4.69, 9.17) is 9.47 Å². The first-order valence-electron chi connectivity index (χ1n) is 10.1. The molecule has 0 bridgehead atoms. The van der Waals surface area contributed by atoms with E-state index in [2.05, 4.69) is 10.3 Å². The first-order chi connectivity index (χ1) is 16.3.